The minimum atomic E-state index is -0.331. The largest absolute Gasteiger partial charge is 0.497 e. The molecule has 25 heavy (non-hydrogen) atoms. The van der Waals surface area contributed by atoms with Gasteiger partial charge in [0.15, 0.2) is 0 Å². The standard InChI is InChI=1S/C20H19BrO4/c1-23-17-9-6-15-11-18(25-20(22)19(15)12-17)3-2-10-24-13-14-4-7-16(21)8-5-14/h4-9,11-12H,2-3,10,13H2,1H3. The molecule has 0 saturated carbocycles. The van der Waals surface area contributed by atoms with Gasteiger partial charge in [0, 0.05) is 17.5 Å². The minimum Gasteiger partial charge on any atom is -0.497 e. The summed E-state index contributed by atoms with van der Waals surface area (Å²) in [5.41, 5.74) is 0.802. The average molecular weight is 403 g/mol. The molecule has 3 aromatic rings. The SMILES string of the molecule is COc1ccc2cc(CCCOCc3ccc(Br)cc3)oc(=O)c2c1. The van der Waals surface area contributed by atoms with Crippen molar-refractivity contribution in [3.8, 4) is 5.75 Å². The molecule has 0 radical (unpaired) electrons. The molecule has 3 rings (SSSR count). The lowest BCUT2D eigenvalue weighted by atomic mass is 10.1. The van der Waals surface area contributed by atoms with Crippen molar-refractivity contribution in [1.29, 1.82) is 0 Å². The van der Waals surface area contributed by atoms with Crippen LogP contribution >= 0.6 is 15.9 Å². The molecule has 0 N–H and O–H groups in total. The first-order chi connectivity index (χ1) is 12.2. The van der Waals surface area contributed by atoms with E-state index in [1.54, 1.807) is 13.2 Å². The Hall–Kier alpha value is -2.11. The first kappa shape index (κ1) is 17.7. The Labute approximate surface area is 154 Å². The molecule has 5 heteroatoms. The zero-order chi connectivity index (χ0) is 17.6. The van der Waals surface area contributed by atoms with E-state index in [1.165, 1.54) is 0 Å². The number of rotatable bonds is 7. The van der Waals surface area contributed by atoms with Gasteiger partial charge in [-0.1, -0.05) is 34.1 Å². The van der Waals surface area contributed by atoms with Crippen LogP contribution in [-0.2, 0) is 17.8 Å². The Bertz CT molecular complexity index is 900. The molecule has 0 aliphatic heterocycles. The van der Waals surface area contributed by atoms with Gasteiger partial charge in [-0.25, -0.2) is 4.79 Å². The van der Waals surface area contributed by atoms with Crippen molar-refractivity contribution in [2.45, 2.75) is 19.4 Å². The van der Waals surface area contributed by atoms with Crippen molar-refractivity contribution in [3.63, 3.8) is 0 Å². The van der Waals surface area contributed by atoms with Gasteiger partial charge in [0.1, 0.15) is 11.5 Å². The second-order valence-corrected chi connectivity index (χ2v) is 6.65. The van der Waals surface area contributed by atoms with Gasteiger partial charge in [-0.05, 0) is 47.7 Å². The second kappa shape index (κ2) is 8.32. The molecule has 4 nitrogen and oxygen atoms in total. The van der Waals surface area contributed by atoms with E-state index in [1.807, 2.05) is 42.5 Å². The number of ether oxygens (including phenoxy) is 2. The molecule has 0 amide bonds. The number of hydrogen-bond donors (Lipinski definition) is 0. The van der Waals surface area contributed by atoms with Crippen molar-refractivity contribution in [2.75, 3.05) is 13.7 Å². The monoisotopic (exact) mass is 402 g/mol. The van der Waals surface area contributed by atoms with E-state index in [-0.39, 0.29) is 5.63 Å². The maximum absolute atomic E-state index is 12.1. The number of fused-ring (bicyclic) bond motifs is 1. The molecule has 0 spiro atoms. The van der Waals surface area contributed by atoms with Gasteiger partial charge in [0.05, 0.1) is 19.1 Å². The van der Waals surface area contributed by atoms with Crippen molar-refractivity contribution in [3.05, 3.63) is 74.7 Å². The number of aryl methyl sites for hydroxylation is 1. The maximum atomic E-state index is 12.1. The number of methoxy groups -OCH3 is 1. The fourth-order valence-electron chi connectivity index (χ4n) is 2.58. The molecule has 130 valence electrons. The molecule has 0 aliphatic carbocycles. The van der Waals surface area contributed by atoms with Crippen LogP contribution in [0.15, 0.2) is 62.2 Å². The second-order valence-electron chi connectivity index (χ2n) is 5.74. The number of hydrogen-bond acceptors (Lipinski definition) is 4. The topological polar surface area (TPSA) is 48.7 Å². The van der Waals surface area contributed by atoms with Crippen molar-refractivity contribution >= 4 is 26.7 Å². The van der Waals surface area contributed by atoms with Gasteiger partial charge in [-0.2, -0.15) is 0 Å². The molecule has 0 bridgehead atoms. The highest BCUT2D eigenvalue weighted by atomic mass is 79.9. The first-order valence-corrected chi connectivity index (χ1v) is 8.88. The van der Waals surface area contributed by atoms with E-state index in [2.05, 4.69) is 15.9 Å². The summed E-state index contributed by atoms with van der Waals surface area (Å²) in [4.78, 5) is 12.1. The summed E-state index contributed by atoms with van der Waals surface area (Å²) in [6.45, 7) is 1.19. The predicted octanol–water partition coefficient (Wildman–Crippen LogP) is 4.71. The van der Waals surface area contributed by atoms with Gasteiger partial charge in [-0.15, -0.1) is 0 Å². The lowest BCUT2D eigenvalue weighted by Gasteiger charge is -2.06. The van der Waals surface area contributed by atoms with E-state index in [4.69, 9.17) is 13.9 Å². The summed E-state index contributed by atoms with van der Waals surface area (Å²) in [7, 11) is 1.57. The third-order valence-corrected chi connectivity index (χ3v) is 4.44. The molecule has 0 atom stereocenters. The molecule has 2 aromatic carbocycles. The number of benzene rings is 2. The van der Waals surface area contributed by atoms with Gasteiger partial charge in [0.25, 0.3) is 0 Å². The fraction of sp³-hybridized carbons (Fsp3) is 0.250. The van der Waals surface area contributed by atoms with Crippen molar-refractivity contribution < 1.29 is 13.9 Å². The minimum absolute atomic E-state index is 0.331. The smallest absolute Gasteiger partial charge is 0.343 e. The van der Waals surface area contributed by atoms with Crippen molar-refractivity contribution in [1.82, 2.24) is 0 Å². The third kappa shape index (κ3) is 4.71. The summed E-state index contributed by atoms with van der Waals surface area (Å²) < 4.78 is 17.3. The molecular formula is C20H19BrO4. The molecule has 0 saturated heterocycles. The van der Waals surface area contributed by atoms with Gasteiger partial charge < -0.3 is 13.9 Å². The van der Waals surface area contributed by atoms with Crippen LogP contribution in [0, 0.1) is 0 Å². The summed E-state index contributed by atoms with van der Waals surface area (Å²) in [5, 5.41) is 1.40. The van der Waals surface area contributed by atoms with Crippen LogP contribution < -0.4 is 10.4 Å². The summed E-state index contributed by atoms with van der Waals surface area (Å²) in [6.07, 6.45) is 1.46. The van der Waals surface area contributed by atoms with Crippen LogP contribution in [0.2, 0.25) is 0 Å². The lowest BCUT2D eigenvalue weighted by molar-refractivity contribution is 0.117. The van der Waals surface area contributed by atoms with E-state index in [9.17, 15) is 4.79 Å². The lowest BCUT2D eigenvalue weighted by Crippen LogP contribution is -2.04. The fourth-order valence-corrected chi connectivity index (χ4v) is 2.85. The van der Waals surface area contributed by atoms with E-state index in [0.717, 1.165) is 21.8 Å². The highest BCUT2D eigenvalue weighted by molar-refractivity contribution is 9.10. The Balaban J connectivity index is 1.54. The summed E-state index contributed by atoms with van der Waals surface area (Å²) in [5.74, 6) is 1.32. The summed E-state index contributed by atoms with van der Waals surface area (Å²) in [6, 6.07) is 15.4. The van der Waals surface area contributed by atoms with E-state index >= 15 is 0 Å². The van der Waals surface area contributed by atoms with Crippen LogP contribution in [-0.4, -0.2) is 13.7 Å². The first-order valence-electron chi connectivity index (χ1n) is 8.08. The van der Waals surface area contributed by atoms with Crippen LogP contribution in [0.5, 0.6) is 5.75 Å². The highest BCUT2D eigenvalue weighted by Crippen LogP contribution is 2.19. The Morgan fingerprint density at radius 2 is 1.88 bits per heavy atom. The molecule has 0 unspecified atom stereocenters. The normalized spacial score (nSPS) is 11.0. The van der Waals surface area contributed by atoms with Crippen LogP contribution in [0.25, 0.3) is 10.8 Å². The third-order valence-electron chi connectivity index (χ3n) is 3.91. The molecule has 0 fully saturated rings. The Morgan fingerprint density at radius 1 is 1.08 bits per heavy atom. The van der Waals surface area contributed by atoms with Crippen LogP contribution in [0.1, 0.15) is 17.7 Å². The quantitative estimate of drug-likeness (QED) is 0.536. The van der Waals surface area contributed by atoms with Gasteiger partial charge in [-0.3, -0.25) is 0 Å². The zero-order valence-corrected chi connectivity index (χ0v) is 15.5. The van der Waals surface area contributed by atoms with Crippen LogP contribution in [0.3, 0.4) is 0 Å². The van der Waals surface area contributed by atoms with Gasteiger partial charge >= 0.3 is 5.63 Å². The number of halogens is 1. The van der Waals surface area contributed by atoms with E-state index < -0.39 is 0 Å². The highest BCUT2D eigenvalue weighted by Gasteiger charge is 2.06. The Morgan fingerprint density at radius 3 is 2.64 bits per heavy atom. The summed E-state index contributed by atoms with van der Waals surface area (Å²) >= 11 is 3.41. The molecule has 1 aromatic heterocycles. The molecular weight excluding hydrogens is 384 g/mol. The average Bonchev–Trinajstić information content (AvgIpc) is 2.63. The van der Waals surface area contributed by atoms with Crippen LogP contribution in [0.4, 0.5) is 0 Å². The Kier molecular flexibility index (Phi) is 5.89. The molecule has 0 aliphatic rings. The zero-order valence-electron chi connectivity index (χ0n) is 14.0. The van der Waals surface area contributed by atoms with E-state index in [0.29, 0.717) is 36.5 Å². The maximum Gasteiger partial charge on any atom is 0.343 e. The van der Waals surface area contributed by atoms with Gasteiger partial charge in [0.2, 0.25) is 0 Å². The molecule has 1 heterocycles. The predicted molar refractivity (Wildman–Crippen MR) is 101 cm³/mol. The van der Waals surface area contributed by atoms with Crippen molar-refractivity contribution in [2.24, 2.45) is 0 Å².